The molecule has 0 aliphatic rings. The summed E-state index contributed by atoms with van der Waals surface area (Å²) >= 11 is 0. The molecule has 0 aliphatic carbocycles. The first-order chi connectivity index (χ1) is 12.2. The van der Waals surface area contributed by atoms with Crippen LogP contribution in [0.15, 0.2) is 54.6 Å². The van der Waals surface area contributed by atoms with Crippen molar-refractivity contribution < 1.29 is 18.8 Å². The van der Waals surface area contributed by atoms with Crippen LogP contribution >= 0.6 is 0 Å². The number of hydrogen-bond donors (Lipinski definition) is 1. The second kappa shape index (κ2) is 7.95. The first-order valence-electron chi connectivity index (χ1n) is 8.11. The average molecular weight is 360 g/mol. The van der Waals surface area contributed by atoms with Gasteiger partial charge in [-0.15, -0.1) is 0 Å². The quantitative estimate of drug-likeness (QED) is 0.632. The molecule has 7 heteroatoms. The van der Waals surface area contributed by atoms with Crippen LogP contribution in [-0.2, 0) is 4.74 Å². The minimum atomic E-state index is -1.26. The molecule has 2 atom stereocenters. The Kier molecular flexibility index (Phi) is 5.92. The van der Waals surface area contributed by atoms with E-state index in [4.69, 9.17) is 4.74 Å². The zero-order valence-corrected chi connectivity index (χ0v) is 14.8. The number of ether oxygens (including phenoxy) is 1. The molecular formula is C19H21FN2O4. The molecule has 2 rings (SSSR count). The maximum Gasteiger partial charge on any atom is 0.408 e. The molecule has 1 amide bonds. The summed E-state index contributed by atoms with van der Waals surface area (Å²) in [5.74, 6) is -0.470. The molecule has 0 saturated carbocycles. The second-order valence-electron chi connectivity index (χ2n) is 6.82. The fourth-order valence-corrected chi connectivity index (χ4v) is 2.54. The van der Waals surface area contributed by atoms with Gasteiger partial charge in [0, 0.05) is 10.5 Å². The van der Waals surface area contributed by atoms with Gasteiger partial charge in [-0.3, -0.25) is 10.1 Å². The van der Waals surface area contributed by atoms with Crippen molar-refractivity contribution in [3.8, 4) is 0 Å². The number of rotatable bonds is 5. The molecule has 6 nitrogen and oxygen atoms in total. The van der Waals surface area contributed by atoms with Gasteiger partial charge in [-0.1, -0.05) is 42.5 Å². The predicted molar refractivity (Wildman–Crippen MR) is 94.7 cm³/mol. The van der Waals surface area contributed by atoms with E-state index in [1.165, 1.54) is 24.3 Å². The number of nitrogens with zero attached hydrogens (tertiary/aromatic N) is 1. The normalized spacial score (nSPS) is 13.5. The second-order valence-corrected chi connectivity index (χ2v) is 6.82. The molecule has 0 spiro atoms. The van der Waals surface area contributed by atoms with Gasteiger partial charge in [0.05, 0.1) is 0 Å². The van der Waals surface area contributed by atoms with E-state index in [1.54, 1.807) is 51.1 Å². The molecule has 26 heavy (non-hydrogen) atoms. The fourth-order valence-electron chi connectivity index (χ4n) is 2.54. The Morgan fingerprint density at radius 1 is 1.08 bits per heavy atom. The van der Waals surface area contributed by atoms with Crippen molar-refractivity contribution in [3.05, 3.63) is 81.7 Å². The lowest BCUT2D eigenvalue weighted by Gasteiger charge is -2.25. The van der Waals surface area contributed by atoms with E-state index >= 15 is 0 Å². The van der Waals surface area contributed by atoms with E-state index in [-0.39, 0.29) is 0 Å². The van der Waals surface area contributed by atoms with Crippen LogP contribution in [0.5, 0.6) is 0 Å². The van der Waals surface area contributed by atoms with Crippen molar-refractivity contribution in [1.29, 1.82) is 0 Å². The fraction of sp³-hybridized carbons (Fsp3) is 0.316. The summed E-state index contributed by atoms with van der Waals surface area (Å²) in [6.07, 6.45) is -0.783. The van der Waals surface area contributed by atoms with E-state index in [1.807, 2.05) is 0 Å². The summed E-state index contributed by atoms with van der Waals surface area (Å²) < 4.78 is 18.5. The Morgan fingerprint density at radius 3 is 2.15 bits per heavy atom. The molecule has 0 aliphatic heterocycles. The van der Waals surface area contributed by atoms with Gasteiger partial charge in [0.2, 0.25) is 0 Å². The maximum absolute atomic E-state index is 13.3. The number of carbonyl (C=O) groups is 1. The van der Waals surface area contributed by atoms with Crippen molar-refractivity contribution in [2.75, 3.05) is 0 Å². The van der Waals surface area contributed by atoms with E-state index in [9.17, 15) is 19.3 Å². The Labute approximate surface area is 151 Å². The number of benzene rings is 2. The van der Waals surface area contributed by atoms with E-state index in [0.29, 0.717) is 11.1 Å². The molecule has 0 heterocycles. The van der Waals surface area contributed by atoms with Crippen LogP contribution in [0.1, 0.15) is 44.0 Å². The van der Waals surface area contributed by atoms with Gasteiger partial charge in [-0.05, 0) is 38.5 Å². The zero-order chi connectivity index (χ0) is 19.3. The minimum Gasteiger partial charge on any atom is -0.444 e. The highest BCUT2D eigenvalue weighted by atomic mass is 19.1. The predicted octanol–water partition coefficient (Wildman–Crippen LogP) is 4.41. The number of alkyl carbamates (subject to hydrolysis) is 1. The lowest BCUT2D eigenvalue weighted by Crippen LogP contribution is -2.39. The van der Waals surface area contributed by atoms with Gasteiger partial charge >= 0.3 is 6.09 Å². The highest BCUT2D eigenvalue weighted by Gasteiger charge is 2.36. The summed E-state index contributed by atoms with van der Waals surface area (Å²) in [5.41, 5.74) is 0.0691. The molecule has 0 fully saturated rings. The third-order valence-corrected chi connectivity index (χ3v) is 3.59. The lowest BCUT2D eigenvalue weighted by atomic mass is 9.94. The molecule has 0 saturated heterocycles. The van der Waals surface area contributed by atoms with Crippen LogP contribution in [0.3, 0.4) is 0 Å². The zero-order valence-electron chi connectivity index (χ0n) is 14.8. The molecule has 2 aromatic carbocycles. The van der Waals surface area contributed by atoms with E-state index < -0.39 is 34.5 Å². The number of amides is 1. The summed E-state index contributed by atoms with van der Waals surface area (Å²) in [4.78, 5) is 23.6. The maximum atomic E-state index is 13.3. The Morgan fingerprint density at radius 2 is 1.65 bits per heavy atom. The molecule has 0 unspecified atom stereocenters. The molecule has 0 bridgehead atoms. The van der Waals surface area contributed by atoms with Gasteiger partial charge < -0.3 is 10.1 Å². The standard InChI is InChI=1S/C19H21FN2O4/c1-19(2,3)26-18(23)21-16(13-9-11-15(20)12-10-13)17(22(24)25)14-7-5-4-6-8-14/h4-12,16-17H,1-3H3,(H,21,23)/t16-,17+/m0/s1. The van der Waals surface area contributed by atoms with Crippen molar-refractivity contribution >= 4 is 6.09 Å². The van der Waals surface area contributed by atoms with Crippen LogP contribution in [-0.4, -0.2) is 16.6 Å². The van der Waals surface area contributed by atoms with Crippen molar-refractivity contribution in [2.45, 2.75) is 38.5 Å². The number of halogens is 1. The molecule has 0 radical (unpaired) electrons. The number of nitrogens with one attached hydrogen (secondary N) is 1. The van der Waals surface area contributed by atoms with Gasteiger partial charge in [0.25, 0.3) is 6.04 Å². The molecule has 0 aromatic heterocycles. The van der Waals surface area contributed by atoms with Crippen molar-refractivity contribution in [2.24, 2.45) is 0 Å². The first kappa shape index (κ1) is 19.4. The van der Waals surface area contributed by atoms with Crippen LogP contribution in [0.2, 0.25) is 0 Å². The Balaban J connectivity index is 2.42. The summed E-state index contributed by atoms with van der Waals surface area (Å²) in [6, 6.07) is 11.3. The Bertz CT molecular complexity index is 757. The van der Waals surface area contributed by atoms with Gasteiger partial charge in [-0.25, -0.2) is 9.18 Å². The van der Waals surface area contributed by atoms with Crippen LogP contribution in [0.4, 0.5) is 9.18 Å². The molecule has 2 aromatic rings. The van der Waals surface area contributed by atoms with Gasteiger partial charge in [0.15, 0.2) is 0 Å². The number of carbonyl (C=O) groups excluding carboxylic acids is 1. The molecular weight excluding hydrogens is 339 g/mol. The van der Waals surface area contributed by atoms with Gasteiger partial charge in [0.1, 0.15) is 17.5 Å². The molecule has 1 N–H and O–H groups in total. The summed E-state index contributed by atoms with van der Waals surface area (Å²) in [6.45, 7) is 5.09. The average Bonchev–Trinajstić information content (AvgIpc) is 2.54. The topological polar surface area (TPSA) is 81.5 Å². The molecule has 138 valence electrons. The van der Waals surface area contributed by atoms with Crippen molar-refractivity contribution in [1.82, 2.24) is 5.32 Å². The van der Waals surface area contributed by atoms with Crippen LogP contribution in [0, 0.1) is 15.9 Å². The summed E-state index contributed by atoms with van der Waals surface area (Å²) in [5, 5.41) is 14.4. The highest BCUT2D eigenvalue weighted by Crippen LogP contribution is 2.32. The smallest absolute Gasteiger partial charge is 0.408 e. The van der Waals surface area contributed by atoms with E-state index in [2.05, 4.69) is 5.32 Å². The monoisotopic (exact) mass is 360 g/mol. The minimum absolute atomic E-state index is 0.405. The number of hydrogen-bond acceptors (Lipinski definition) is 4. The Hall–Kier alpha value is -2.96. The van der Waals surface area contributed by atoms with Crippen molar-refractivity contribution in [3.63, 3.8) is 0 Å². The summed E-state index contributed by atoms with van der Waals surface area (Å²) in [7, 11) is 0. The first-order valence-corrected chi connectivity index (χ1v) is 8.11. The highest BCUT2D eigenvalue weighted by molar-refractivity contribution is 5.68. The largest absolute Gasteiger partial charge is 0.444 e. The van der Waals surface area contributed by atoms with E-state index in [0.717, 1.165) is 0 Å². The number of nitro groups is 1. The third kappa shape index (κ3) is 5.27. The third-order valence-electron chi connectivity index (χ3n) is 3.59. The SMILES string of the molecule is CC(C)(C)OC(=O)N[C@@H](c1ccc(F)cc1)[C@@H](c1ccccc1)[N+](=O)[O-]. The van der Waals surface area contributed by atoms with Crippen LogP contribution < -0.4 is 5.32 Å². The van der Waals surface area contributed by atoms with Crippen LogP contribution in [0.25, 0.3) is 0 Å². The van der Waals surface area contributed by atoms with Gasteiger partial charge in [-0.2, -0.15) is 0 Å². The lowest BCUT2D eigenvalue weighted by molar-refractivity contribution is -0.534.